The Morgan fingerprint density at radius 1 is 1.06 bits per heavy atom. The topological polar surface area (TPSA) is 104 Å². The van der Waals surface area contributed by atoms with Crippen LogP contribution in [0.3, 0.4) is 0 Å². The number of fused-ring (bicyclic) bond motifs is 1. The molecule has 0 aliphatic carbocycles. The number of likely N-dealkylation sites (tertiary alicyclic amines) is 1. The molecule has 2 N–H and O–H groups in total. The summed E-state index contributed by atoms with van der Waals surface area (Å²) in [5.41, 5.74) is 5.84. The van der Waals surface area contributed by atoms with Crippen molar-refractivity contribution >= 4 is 32.7 Å². The zero-order valence-electron chi connectivity index (χ0n) is 19.5. The summed E-state index contributed by atoms with van der Waals surface area (Å²) in [5, 5.41) is 6.11. The standard InChI is InChI=1S/C26H27N5O3S/c1-35(33,34)25-7-5-21(16-29-25)30-26(32)22-8-9-28-24-6-4-19(13-23(22)24)20-12-18(14-27-15-20)17-31-10-2-3-11-31/h4-8,12-16,28H,2-3,9-11,17H2,1H3,(H,30,32). The normalized spacial score (nSPS) is 15.7. The molecular weight excluding hydrogens is 462 g/mol. The molecule has 3 aromatic rings. The van der Waals surface area contributed by atoms with Crippen LogP contribution in [0.4, 0.5) is 11.4 Å². The van der Waals surface area contributed by atoms with Gasteiger partial charge in [0.05, 0.1) is 11.9 Å². The number of amides is 1. The second kappa shape index (κ2) is 9.59. The molecule has 1 saturated heterocycles. The molecule has 9 heteroatoms. The summed E-state index contributed by atoms with van der Waals surface area (Å²) in [6.07, 6.45) is 10.6. The molecule has 1 fully saturated rings. The molecule has 8 nitrogen and oxygen atoms in total. The van der Waals surface area contributed by atoms with Crippen LogP contribution >= 0.6 is 0 Å². The van der Waals surface area contributed by atoms with E-state index in [9.17, 15) is 13.2 Å². The zero-order valence-corrected chi connectivity index (χ0v) is 20.3. The quantitative estimate of drug-likeness (QED) is 0.545. The van der Waals surface area contributed by atoms with Crippen molar-refractivity contribution < 1.29 is 13.2 Å². The highest BCUT2D eigenvalue weighted by Crippen LogP contribution is 2.33. The minimum absolute atomic E-state index is 0.0351. The van der Waals surface area contributed by atoms with E-state index in [1.807, 2.05) is 36.7 Å². The van der Waals surface area contributed by atoms with Gasteiger partial charge < -0.3 is 10.6 Å². The van der Waals surface area contributed by atoms with Crippen LogP contribution in [-0.4, -0.2) is 55.1 Å². The number of sulfone groups is 1. The highest BCUT2D eigenvalue weighted by atomic mass is 32.2. The first-order chi connectivity index (χ1) is 16.9. The third-order valence-electron chi connectivity index (χ3n) is 6.26. The summed E-state index contributed by atoms with van der Waals surface area (Å²) in [7, 11) is -3.40. The van der Waals surface area contributed by atoms with Crippen LogP contribution in [0.2, 0.25) is 0 Å². The molecular formula is C26H27N5O3S. The summed E-state index contributed by atoms with van der Waals surface area (Å²) < 4.78 is 23.3. The predicted octanol–water partition coefficient (Wildman–Crippen LogP) is 3.59. The molecule has 4 heterocycles. The molecule has 0 bridgehead atoms. The van der Waals surface area contributed by atoms with E-state index in [1.54, 1.807) is 0 Å². The van der Waals surface area contributed by atoms with E-state index in [1.165, 1.54) is 36.7 Å². The first-order valence-electron chi connectivity index (χ1n) is 11.6. The lowest BCUT2D eigenvalue weighted by molar-refractivity contribution is -0.111. The maximum absolute atomic E-state index is 13.1. The fourth-order valence-electron chi connectivity index (χ4n) is 4.49. The Labute approximate surface area is 205 Å². The monoisotopic (exact) mass is 489 g/mol. The van der Waals surface area contributed by atoms with E-state index in [0.29, 0.717) is 17.8 Å². The lowest BCUT2D eigenvalue weighted by Crippen LogP contribution is -2.19. The molecule has 5 rings (SSSR count). The molecule has 0 saturated carbocycles. The third-order valence-corrected chi connectivity index (χ3v) is 7.26. The van der Waals surface area contributed by atoms with Crippen molar-refractivity contribution in [3.8, 4) is 11.1 Å². The predicted molar refractivity (Wildman–Crippen MR) is 137 cm³/mol. The van der Waals surface area contributed by atoms with Crippen molar-refractivity contribution in [1.29, 1.82) is 0 Å². The third kappa shape index (κ3) is 5.26. The second-order valence-corrected chi connectivity index (χ2v) is 10.9. The number of benzene rings is 1. The van der Waals surface area contributed by atoms with Crippen molar-refractivity contribution in [1.82, 2.24) is 14.9 Å². The van der Waals surface area contributed by atoms with Gasteiger partial charge in [-0.15, -0.1) is 0 Å². The average Bonchev–Trinajstić information content (AvgIpc) is 3.36. The first-order valence-corrected chi connectivity index (χ1v) is 13.5. The van der Waals surface area contributed by atoms with E-state index in [2.05, 4.69) is 31.6 Å². The smallest absolute Gasteiger partial charge is 0.256 e. The van der Waals surface area contributed by atoms with Gasteiger partial charge in [-0.05, 0) is 67.4 Å². The van der Waals surface area contributed by atoms with E-state index in [-0.39, 0.29) is 10.9 Å². The SMILES string of the molecule is CS(=O)(=O)c1ccc(NC(=O)C2=CCNc3ccc(-c4cncc(CN5CCCC5)c4)cc32)cn1. The van der Waals surface area contributed by atoms with Crippen LogP contribution in [0.5, 0.6) is 0 Å². The molecule has 2 aliphatic rings. The van der Waals surface area contributed by atoms with E-state index >= 15 is 0 Å². The van der Waals surface area contributed by atoms with Crippen molar-refractivity contribution in [3.05, 3.63) is 72.2 Å². The van der Waals surface area contributed by atoms with Gasteiger partial charge in [0.15, 0.2) is 14.9 Å². The summed E-state index contributed by atoms with van der Waals surface area (Å²) in [6, 6.07) is 11.1. The van der Waals surface area contributed by atoms with Gasteiger partial charge in [-0.1, -0.05) is 12.1 Å². The molecule has 0 atom stereocenters. The maximum Gasteiger partial charge on any atom is 0.256 e. The van der Waals surface area contributed by atoms with Crippen molar-refractivity contribution in [2.75, 3.05) is 36.5 Å². The highest BCUT2D eigenvalue weighted by Gasteiger charge is 2.20. The summed E-state index contributed by atoms with van der Waals surface area (Å²) in [5.74, 6) is -0.278. The van der Waals surface area contributed by atoms with E-state index in [0.717, 1.165) is 48.3 Å². The average molecular weight is 490 g/mol. The maximum atomic E-state index is 13.1. The van der Waals surface area contributed by atoms with Crippen LogP contribution in [0.25, 0.3) is 16.7 Å². The molecule has 0 radical (unpaired) electrons. The fourth-order valence-corrected chi connectivity index (χ4v) is 5.05. The van der Waals surface area contributed by atoms with Crippen molar-refractivity contribution in [2.45, 2.75) is 24.4 Å². The Morgan fingerprint density at radius 2 is 1.89 bits per heavy atom. The van der Waals surface area contributed by atoms with Gasteiger partial charge in [-0.25, -0.2) is 13.4 Å². The number of pyridine rings is 2. The van der Waals surface area contributed by atoms with Crippen molar-refractivity contribution in [3.63, 3.8) is 0 Å². The van der Waals surface area contributed by atoms with Crippen LogP contribution in [0, 0.1) is 0 Å². The summed E-state index contributed by atoms with van der Waals surface area (Å²) >= 11 is 0. The second-order valence-electron chi connectivity index (χ2n) is 8.94. The van der Waals surface area contributed by atoms with Gasteiger partial charge in [0, 0.05) is 54.1 Å². The van der Waals surface area contributed by atoms with Crippen LogP contribution in [-0.2, 0) is 21.2 Å². The van der Waals surface area contributed by atoms with Gasteiger partial charge in [-0.2, -0.15) is 0 Å². The minimum Gasteiger partial charge on any atom is -0.381 e. The van der Waals surface area contributed by atoms with E-state index < -0.39 is 9.84 Å². The molecule has 1 aromatic carbocycles. The Morgan fingerprint density at radius 3 is 2.63 bits per heavy atom. The fraction of sp³-hybridized carbons (Fsp3) is 0.269. The number of nitrogens with zero attached hydrogens (tertiary/aromatic N) is 3. The van der Waals surface area contributed by atoms with Gasteiger partial charge in [0.1, 0.15) is 0 Å². The Kier molecular flexibility index (Phi) is 6.36. The number of rotatable bonds is 6. The first kappa shape index (κ1) is 23.2. The number of hydrogen-bond acceptors (Lipinski definition) is 7. The number of carbonyl (C=O) groups excluding carboxylic acids is 1. The van der Waals surface area contributed by atoms with Gasteiger partial charge >= 0.3 is 0 Å². The molecule has 2 aromatic heterocycles. The van der Waals surface area contributed by atoms with E-state index in [4.69, 9.17) is 0 Å². The molecule has 35 heavy (non-hydrogen) atoms. The number of nitrogens with one attached hydrogen (secondary N) is 2. The number of hydrogen-bond donors (Lipinski definition) is 2. The number of aromatic nitrogens is 2. The van der Waals surface area contributed by atoms with Crippen molar-refractivity contribution in [2.24, 2.45) is 0 Å². The highest BCUT2D eigenvalue weighted by molar-refractivity contribution is 7.90. The van der Waals surface area contributed by atoms with Crippen LogP contribution in [0.15, 0.2) is 66.1 Å². The molecule has 1 amide bonds. The zero-order chi connectivity index (χ0) is 24.4. The molecule has 2 aliphatic heterocycles. The number of anilines is 2. The lowest BCUT2D eigenvalue weighted by atomic mass is 9.95. The largest absolute Gasteiger partial charge is 0.381 e. The van der Waals surface area contributed by atoms with Gasteiger partial charge in [0.25, 0.3) is 5.91 Å². The molecule has 0 unspecified atom stereocenters. The Balaban J connectivity index is 1.38. The summed E-state index contributed by atoms with van der Waals surface area (Å²) in [6.45, 7) is 3.69. The van der Waals surface area contributed by atoms with Gasteiger partial charge in [0.2, 0.25) is 0 Å². The number of carbonyl (C=O) groups is 1. The van der Waals surface area contributed by atoms with Crippen LogP contribution in [0.1, 0.15) is 24.0 Å². The van der Waals surface area contributed by atoms with Crippen LogP contribution < -0.4 is 10.6 Å². The summed E-state index contributed by atoms with van der Waals surface area (Å²) in [4.78, 5) is 24.0. The Hall–Kier alpha value is -3.56. The minimum atomic E-state index is -3.40. The van der Waals surface area contributed by atoms with Gasteiger partial charge in [-0.3, -0.25) is 14.7 Å². The molecule has 180 valence electrons. The Bertz CT molecular complexity index is 1390. The molecule has 0 spiro atoms. The lowest BCUT2D eigenvalue weighted by Gasteiger charge is -2.20.